The molecule has 1 unspecified atom stereocenters. The van der Waals surface area contributed by atoms with Gasteiger partial charge in [-0.15, -0.1) is 0 Å². The lowest BCUT2D eigenvalue weighted by atomic mass is 10.1. The molecule has 0 bridgehead atoms. The molecule has 0 aliphatic heterocycles. The van der Waals surface area contributed by atoms with Crippen molar-refractivity contribution in [3.63, 3.8) is 0 Å². The van der Waals surface area contributed by atoms with Gasteiger partial charge in [-0.2, -0.15) is 5.26 Å². The molecule has 1 N–H and O–H groups in total. The Balaban J connectivity index is 2.48. The van der Waals surface area contributed by atoms with Crippen LogP contribution in [0.4, 0.5) is 0 Å². The molecular weight excluding hydrogens is 264 g/mol. The number of aliphatic hydroxyl groups is 1. The smallest absolute Gasteiger partial charge is 0.120 e. The van der Waals surface area contributed by atoms with E-state index in [9.17, 15) is 5.11 Å². The lowest BCUT2D eigenvalue weighted by molar-refractivity contribution is 0.0528. The van der Waals surface area contributed by atoms with Crippen LogP contribution in [0.3, 0.4) is 0 Å². The number of ether oxygens (including phenoxy) is 1. The van der Waals surface area contributed by atoms with Gasteiger partial charge in [-0.3, -0.25) is 4.90 Å². The van der Waals surface area contributed by atoms with Crippen molar-refractivity contribution in [2.45, 2.75) is 39.8 Å². The van der Waals surface area contributed by atoms with Gasteiger partial charge in [0.05, 0.1) is 11.6 Å². The number of hydrogen-bond acceptors (Lipinski definition) is 4. The summed E-state index contributed by atoms with van der Waals surface area (Å²) >= 11 is 0. The Morgan fingerprint density at radius 3 is 2.52 bits per heavy atom. The molecule has 0 amide bonds. The first-order chi connectivity index (χ1) is 9.92. The third-order valence-electron chi connectivity index (χ3n) is 3.18. The summed E-state index contributed by atoms with van der Waals surface area (Å²) in [7, 11) is 0. The van der Waals surface area contributed by atoms with Crippen LogP contribution >= 0.6 is 0 Å². The van der Waals surface area contributed by atoms with E-state index in [2.05, 4.69) is 38.7 Å². The van der Waals surface area contributed by atoms with Crippen molar-refractivity contribution >= 4 is 0 Å². The molecule has 1 atom stereocenters. The number of benzene rings is 1. The highest BCUT2D eigenvalue weighted by atomic mass is 16.5. The fourth-order valence-electron chi connectivity index (χ4n) is 2.14. The van der Waals surface area contributed by atoms with Crippen LogP contribution < -0.4 is 4.74 Å². The van der Waals surface area contributed by atoms with Crippen molar-refractivity contribution in [2.75, 3.05) is 19.7 Å². The molecule has 0 saturated heterocycles. The van der Waals surface area contributed by atoms with Gasteiger partial charge in [0.25, 0.3) is 0 Å². The standard InChI is InChI=1S/C17H26N2O2/c1-13(2)10-19(14(3)4)11-16(20)12-21-17-7-5-6-15(8-17)9-18/h5-8,13-14,16,20H,10-12H2,1-4H3. The number of aliphatic hydroxyl groups excluding tert-OH is 1. The van der Waals surface area contributed by atoms with Crippen molar-refractivity contribution in [3.8, 4) is 11.8 Å². The van der Waals surface area contributed by atoms with Gasteiger partial charge in [0, 0.05) is 19.1 Å². The maximum absolute atomic E-state index is 10.1. The summed E-state index contributed by atoms with van der Waals surface area (Å²) in [6.45, 7) is 10.4. The van der Waals surface area contributed by atoms with Crippen LogP contribution in [-0.2, 0) is 0 Å². The highest BCUT2D eigenvalue weighted by Gasteiger charge is 2.16. The van der Waals surface area contributed by atoms with Crippen molar-refractivity contribution in [3.05, 3.63) is 29.8 Å². The minimum atomic E-state index is -0.545. The van der Waals surface area contributed by atoms with Crippen molar-refractivity contribution in [2.24, 2.45) is 5.92 Å². The fraction of sp³-hybridized carbons (Fsp3) is 0.588. The molecule has 0 saturated carbocycles. The summed E-state index contributed by atoms with van der Waals surface area (Å²) in [6, 6.07) is 9.45. The average molecular weight is 290 g/mol. The highest BCUT2D eigenvalue weighted by Crippen LogP contribution is 2.13. The van der Waals surface area contributed by atoms with Gasteiger partial charge in [-0.05, 0) is 38.0 Å². The summed E-state index contributed by atoms with van der Waals surface area (Å²) in [5, 5.41) is 19.0. The molecule has 0 aromatic heterocycles. The Bertz CT molecular complexity index is 466. The summed E-state index contributed by atoms with van der Waals surface area (Å²) in [5.74, 6) is 1.18. The monoisotopic (exact) mass is 290 g/mol. The van der Waals surface area contributed by atoms with Crippen molar-refractivity contribution in [1.29, 1.82) is 5.26 Å². The lowest BCUT2D eigenvalue weighted by Gasteiger charge is -2.30. The van der Waals surface area contributed by atoms with Crippen LogP contribution in [0.1, 0.15) is 33.3 Å². The highest BCUT2D eigenvalue weighted by molar-refractivity contribution is 5.36. The van der Waals surface area contributed by atoms with Gasteiger partial charge < -0.3 is 9.84 Å². The lowest BCUT2D eigenvalue weighted by Crippen LogP contribution is -2.41. The number of nitrogens with zero attached hydrogens (tertiary/aromatic N) is 2. The second-order valence-corrected chi connectivity index (χ2v) is 6.05. The van der Waals surface area contributed by atoms with Crippen LogP contribution in [0.15, 0.2) is 24.3 Å². The van der Waals surface area contributed by atoms with E-state index in [1.54, 1.807) is 24.3 Å². The van der Waals surface area contributed by atoms with Crippen LogP contribution in [0.2, 0.25) is 0 Å². The van der Waals surface area contributed by atoms with Gasteiger partial charge in [0.2, 0.25) is 0 Å². The largest absolute Gasteiger partial charge is 0.491 e. The van der Waals surface area contributed by atoms with E-state index in [1.807, 2.05) is 0 Å². The van der Waals surface area contributed by atoms with E-state index < -0.39 is 6.10 Å². The summed E-state index contributed by atoms with van der Waals surface area (Å²) in [5.41, 5.74) is 0.561. The van der Waals surface area contributed by atoms with Crippen LogP contribution in [0.25, 0.3) is 0 Å². The first-order valence-corrected chi connectivity index (χ1v) is 7.47. The van der Waals surface area contributed by atoms with Gasteiger partial charge in [-0.1, -0.05) is 19.9 Å². The van der Waals surface area contributed by atoms with E-state index in [0.717, 1.165) is 6.54 Å². The Morgan fingerprint density at radius 2 is 1.95 bits per heavy atom. The molecule has 0 fully saturated rings. The second-order valence-electron chi connectivity index (χ2n) is 6.05. The molecule has 1 aromatic rings. The first kappa shape index (κ1) is 17.5. The SMILES string of the molecule is CC(C)CN(CC(O)COc1cccc(C#N)c1)C(C)C. The van der Waals surface area contributed by atoms with Gasteiger partial charge >= 0.3 is 0 Å². The molecule has 116 valence electrons. The fourth-order valence-corrected chi connectivity index (χ4v) is 2.14. The normalized spacial score (nSPS) is 12.7. The maximum atomic E-state index is 10.1. The summed E-state index contributed by atoms with van der Waals surface area (Å²) in [6.07, 6.45) is -0.545. The molecule has 0 aliphatic rings. The summed E-state index contributed by atoms with van der Waals surface area (Å²) < 4.78 is 5.57. The predicted molar refractivity (Wildman–Crippen MR) is 84.2 cm³/mol. The molecule has 1 rings (SSSR count). The van der Waals surface area contributed by atoms with Gasteiger partial charge in [0.15, 0.2) is 0 Å². The van der Waals surface area contributed by atoms with E-state index >= 15 is 0 Å². The van der Waals surface area contributed by atoms with Crippen molar-refractivity contribution in [1.82, 2.24) is 4.90 Å². The first-order valence-electron chi connectivity index (χ1n) is 7.47. The Kier molecular flexibility index (Phi) is 7.21. The minimum absolute atomic E-state index is 0.232. The topological polar surface area (TPSA) is 56.5 Å². The molecule has 0 heterocycles. The van der Waals surface area contributed by atoms with E-state index in [-0.39, 0.29) is 6.61 Å². The third kappa shape index (κ3) is 6.61. The van der Waals surface area contributed by atoms with Crippen LogP contribution in [-0.4, -0.2) is 41.8 Å². The molecule has 1 aromatic carbocycles. The molecule has 0 aliphatic carbocycles. The van der Waals surface area contributed by atoms with Crippen LogP contribution in [0, 0.1) is 17.2 Å². The maximum Gasteiger partial charge on any atom is 0.120 e. The second kappa shape index (κ2) is 8.66. The Labute approximate surface area is 128 Å². The molecule has 0 radical (unpaired) electrons. The average Bonchev–Trinajstić information content (AvgIpc) is 2.44. The molecule has 4 heteroatoms. The van der Waals surface area contributed by atoms with E-state index in [0.29, 0.717) is 29.8 Å². The minimum Gasteiger partial charge on any atom is -0.491 e. The summed E-state index contributed by atoms with van der Waals surface area (Å²) in [4.78, 5) is 2.25. The molecule has 21 heavy (non-hydrogen) atoms. The van der Waals surface area contributed by atoms with E-state index in [1.165, 1.54) is 0 Å². The molecule has 0 spiro atoms. The zero-order valence-corrected chi connectivity index (χ0v) is 13.4. The van der Waals surface area contributed by atoms with Crippen molar-refractivity contribution < 1.29 is 9.84 Å². The quantitative estimate of drug-likeness (QED) is 0.799. The zero-order valence-electron chi connectivity index (χ0n) is 13.4. The van der Waals surface area contributed by atoms with Gasteiger partial charge in [0.1, 0.15) is 18.5 Å². The number of nitriles is 1. The number of rotatable bonds is 8. The van der Waals surface area contributed by atoms with Gasteiger partial charge in [-0.25, -0.2) is 0 Å². The number of hydrogen-bond donors (Lipinski definition) is 1. The Morgan fingerprint density at radius 1 is 1.24 bits per heavy atom. The van der Waals surface area contributed by atoms with Crippen LogP contribution in [0.5, 0.6) is 5.75 Å². The van der Waals surface area contributed by atoms with E-state index in [4.69, 9.17) is 10.00 Å². The Hall–Kier alpha value is -1.57. The molecular formula is C17H26N2O2. The zero-order chi connectivity index (χ0) is 15.8. The molecule has 4 nitrogen and oxygen atoms in total. The predicted octanol–water partition coefficient (Wildman–Crippen LogP) is 2.66. The third-order valence-corrected chi connectivity index (χ3v) is 3.18.